The van der Waals surface area contributed by atoms with Crippen molar-refractivity contribution in [2.45, 2.75) is 32.1 Å². The number of carbonyl (C=O) groups excluding carboxylic acids is 2. The van der Waals surface area contributed by atoms with Crippen LogP contribution in [0.1, 0.15) is 29.5 Å². The summed E-state index contributed by atoms with van der Waals surface area (Å²) in [6.07, 6.45) is 8.22. The van der Waals surface area contributed by atoms with E-state index in [2.05, 4.69) is 22.4 Å². The van der Waals surface area contributed by atoms with Crippen molar-refractivity contribution in [1.82, 2.24) is 4.98 Å². The molecule has 0 bridgehead atoms. The first-order chi connectivity index (χ1) is 11.7. The van der Waals surface area contributed by atoms with Gasteiger partial charge in [-0.3, -0.25) is 14.6 Å². The summed E-state index contributed by atoms with van der Waals surface area (Å²) in [5, 5.41) is 2.75. The zero-order chi connectivity index (χ0) is 16.5. The van der Waals surface area contributed by atoms with Crippen LogP contribution in [0.3, 0.4) is 0 Å². The minimum atomic E-state index is -0.186. The minimum Gasteiger partial charge on any atom is -0.321 e. The molecule has 2 heterocycles. The van der Waals surface area contributed by atoms with E-state index >= 15 is 0 Å². The Hall–Kier alpha value is -2.69. The molecule has 2 amide bonds. The molecule has 1 aromatic heterocycles. The van der Waals surface area contributed by atoms with Gasteiger partial charge in [-0.1, -0.05) is 18.2 Å². The quantitative estimate of drug-likeness (QED) is 0.924. The van der Waals surface area contributed by atoms with E-state index in [9.17, 15) is 9.59 Å². The molecular formula is C19H19N3O2. The maximum Gasteiger partial charge on any atom is 0.244 e. The number of hydrogen-bond acceptors (Lipinski definition) is 3. The van der Waals surface area contributed by atoms with E-state index in [1.54, 1.807) is 23.4 Å². The number of benzene rings is 1. The van der Waals surface area contributed by atoms with Crippen molar-refractivity contribution in [3.8, 4) is 0 Å². The molecule has 0 spiro atoms. The summed E-state index contributed by atoms with van der Waals surface area (Å²) in [6, 6.07) is 8.11. The van der Waals surface area contributed by atoms with Crippen LogP contribution in [0.5, 0.6) is 0 Å². The summed E-state index contributed by atoms with van der Waals surface area (Å²) in [7, 11) is 0. The lowest BCUT2D eigenvalue weighted by Gasteiger charge is -2.29. The van der Waals surface area contributed by atoms with Crippen LogP contribution in [-0.4, -0.2) is 23.3 Å². The summed E-state index contributed by atoms with van der Waals surface area (Å²) in [4.78, 5) is 30.2. The number of rotatable bonds is 2. The van der Waals surface area contributed by atoms with Gasteiger partial charge in [0.1, 0.15) is 6.54 Å². The second kappa shape index (κ2) is 6.07. The highest BCUT2D eigenvalue weighted by Gasteiger charge is 2.27. The van der Waals surface area contributed by atoms with E-state index in [4.69, 9.17) is 0 Å². The Balaban J connectivity index is 1.57. The molecule has 0 unspecified atom stereocenters. The van der Waals surface area contributed by atoms with Crippen molar-refractivity contribution in [2.75, 3.05) is 16.8 Å². The number of anilines is 2. The summed E-state index contributed by atoms with van der Waals surface area (Å²) in [6.45, 7) is 0.0563. The average Bonchev–Trinajstić information content (AvgIpc) is 2.60. The zero-order valence-electron chi connectivity index (χ0n) is 13.4. The van der Waals surface area contributed by atoms with Gasteiger partial charge < -0.3 is 10.2 Å². The van der Waals surface area contributed by atoms with Crippen LogP contribution in [-0.2, 0) is 28.9 Å². The normalized spacial score (nSPS) is 16.2. The number of nitrogens with one attached hydrogen (secondary N) is 1. The molecule has 0 radical (unpaired) electrons. The van der Waals surface area contributed by atoms with Crippen LogP contribution in [0, 0.1) is 0 Å². The fourth-order valence-corrected chi connectivity index (χ4v) is 3.53. The lowest BCUT2D eigenvalue weighted by Crippen LogP contribution is -2.42. The molecule has 5 nitrogen and oxygen atoms in total. The van der Waals surface area contributed by atoms with E-state index < -0.39 is 0 Å². The Kier molecular flexibility index (Phi) is 3.76. The van der Waals surface area contributed by atoms with E-state index in [0.717, 1.165) is 18.4 Å². The molecule has 0 atom stereocenters. The van der Waals surface area contributed by atoms with Crippen LogP contribution < -0.4 is 10.2 Å². The first-order valence-corrected chi connectivity index (χ1v) is 8.35. The third-order valence-corrected chi connectivity index (χ3v) is 4.73. The summed E-state index contributed by atoms with van der Waals surface area (Å²) < 4.78 is 0. The molecule has 5 heteroatoms. The zero-order valence-corrected chi connectivity index (χ0v) is 13.4. The van der Waals surface area contributed by atoms with Gasteiger partial charge in [0.25, 0.3) is 0 Å². The standard InChI is InChI=1S/C19H19N3O2/c23-18-12-22(17-7-8-20-11-16(17)21-18)19(24)10-13-5-6-14-3-1-2-4-15(14)9-13/h5-9,11H,1-4,10,12H2,(H,21,23). The van der Waals surface area contributed by atoms with Gasteiger partial charge in [-0.05, 0) is 48.4 Å². The van der Waals surface area contributed by atoms with Crippen LogP contribution >= 0.6 is 0 Å². The van der Waals surface area contributed by atoms with Crippen molar-refractivity contribution in [3.63, 3.8) is 0 Å². The number of fused-ring (bicyclic) bond motifs is 2. The van der Waals surface area contributed by atoms with Crippen LogP contribution in [0.15, 0.2) is 36.7 Å². The van der Waals surface area contributed by atoms with E-state index in [1.807, 2.05) is 6.07 Å². The first kappa shape index (κ1) is 14.9. The summed E-state index contributed by atoms with van der Waals surface area (Å²) in [5.41, 5.74) is 5.10. The number of pyridine rings is 1. The fourth-order valence-electron chi connectivity index (χ4n) is 3.53. The fraction of sp³-hybridized carbons (Fsp3) is 0.316. The topological polar surface area (TPSA) is 62.3 Å². The molecule has 1 aliphatic carbocycles. The average molecular weight is 321 g/mol. The van der Waals surface area contributed by atoms with Crippen LogP contribution in [0.2, 0.25) is 0 Å². The molecule has 0 saturated heterocycles. The largest absolute Gasteiger partial charge is 0.321 e. The van der Waals surface area contributed by atoms with Gasteiger partial charge in [0.15, 0.2) is 0 Å². The van der Waals surface area contributed by atoms with E-state index in [1.165, 1.54) is 24.0 Å². The Morgan fingerprint density at radius 1 is 1.17 bits per heavy atom. The van der Waals surface area contributed by atoms with Gasteiger partial charge >= 0.3 is 0 Å². The number of carbonyl (C=O) groups is 2. The second-order valence-electron chi connectivity index (χ2n) is 6.41. The number of hydrogen-bond donors (Lipinski definition) is 1. The highest BCUT2D eigenvalue weighted by molar-refractivity contribution is 6.10. The third kappa shape index (κ3) is 2.77. The molecule has 122 valence electrons. The van der Waals surface area contributed by atoms with Crippen molar-refractivity contribution >= 4 is 23.2 Å². The Morgan fingerprint density at radius 3 is 2.88 bits per heavy atom. The summed E-state index contributed by atoms with van der Waals surface area (Å²) in [5.74, 6) is -0.248. The van der Waals surface area contributed by atoms with Crippen molar-refractivity contribution < 1.29 is 9.59 Å². The van der Waals surface area contributed by atoms with Gasteiger partial charge in [0, 0.05) is 6.20 Å². The predicted octanol–water partition coefficient (Wildman–Crippen LogP) is 2.49. The Labute approximate surface area is 140 Å². The number of aromatic nitrogens is 1. The number of amides is 2. The van der Waals surface area contributed by atoms with Gasteiger partial charge in [-0.2, -0.15) is 0 Å². The van der Waals surface area contributed by atoms with Gasteiger partial charge in [-0.15, -0.1) is 0 Å². The molecule has 4 rings (SSSR count). The molecule has 24 heavy (non-hydrogen) atoms. The minimum absolute atomic E-state index is 0.0563. The SMILES string of the molecule is O=C1CN(C(=O)Cc2ccc3c(c2)CCCC3)c2ccncc2N1. The van der Waals surface area contributed by atoms with Crippen molar-refractivity contribution in [3.05, 3.63) is 53.3 Å². The third-order valence-electron chi connectivity index (χ3n) is 4.73. The monoisotopic (exact) mass is 321 g/mol. The first-order valence-electron chi connectivity index (χ1n) is 8.35. The predicted molar refractivity (Wildman–Crippen MR) is 92.0 cm³/mol. The molecule has 1 aliphatic heterocycles. The molecule has 0 saturated carbocycles. The molecule has 1 aromatic carbocycles. The smallest absolute Gasteiger partial charge is 0.244 e. The van der Waals surface area contributed by atoms with Crippen LogP contribution in [0.25, 0.3) is 0 Å². The van der Waals surface area contributed by atoms with Gasteiger partial charge in [0.2, 0.25) is 11.8 Å². The molecule has 0 fully saturated rings. The van der Waals surface area contributed by atoms with Gasteiger partial charge in [-0.25, -0.2) is 0 Å². The van der Waals surface area contributed by atoms with Gasteiger partial charge in [0.05, 0.1) is 24.0 Å². The maximum absolute atomic E-state index is 12.8. The summed E-state index contributed by atoms with van der Waals surface area (Å²) >= 11 is 0. The molecule has 2 aromatic rings. The maximum atomic E-state index is 12.8. The number of nitrogens with zero attached hydrogens (tertiary/aromatic N) is 2. The van der Waals surface area contributed by atoms with Crippen LogP contribution in [0.4, 0.5) is 11.4 Å². The second-order valence-corrected chi connectivity index (χ2v) is 6.41. The lowest BCUT2D eigenvalue weighted by atomic mass is 9.90. The van der Waals surface area contributed by atoms with E-state index in [0.29, 0.717) is 17.8 Å². The van der Waals surface area contributed by atoms with E-state index in [-0.39, 0.29) is 18.4 Å². The molecule has 1 N–H and O–H groups in total. The highest BCUT2D eigenvalue weighted by Crippen LogP contribution is 2.29. The van der Waals surface area contributed by atoms with Crippen molar-refractivity contribution in [2.24, 2.45) is 0 Å². The number of aryl methyl sites for hydroxylation is 2. The Bertz CT molecular complexity index is 816. The lowest BCUT2D eigenvalue weighted by molar-refractivity contribution is -0.121. The molecule has 2 aliphatic rings. The molecular weight excluding hydrogens is 302 g/mol. The van der Waals surface area contributed by atoms with Crippen molar-refractivity contribution in [1.29, 1.82) is 0 Å². The Morgan fingerprint density at radius 2 is 2.00 bits per heavy atom. The highest BCUT2D eigenvalue weighted by atomic mass is 16.2.